The molecule has 1 aliphatic carbocycles. The molecule has 3 heteroatoms. The Hall–Kier alpha value is -0.800. The fourth-order valence-electron chi connectivity index (χ4n) is 1.87. The van der Waals surface area contributed by atoms with E-state index in [1.165, 1.54) is 0 Å². The molecule has 1 aromatic heterocycles. The lowest BCUT2D eigenvalue weighted by atomic mass is 9.98. The first kappa shape index (κ1) is 9.74. The predicted molar refractivity (Wildman–Crippen MR) is 52.0 cm³/mol. The van der Waals surface area contributed by atoms with Crippen LogP contribution >= 0.6 is 0 Å². The number of methoxy groups -OCH3 is 1. The van der Waals surface area contributed by atoms with Gasteiger partial charge < -0.3 is 14.3 Å². The van der Waals surface area contributed by atoms with Crippen molar-refractivity contribution in [2.24, 2.45) is 0 Å². The molecule has 0 aliphatic heterocycles. The molecule has 1 fully saturated rings. The lowest BCUT2D eigenvalue weighted by molar-refractivity contribution is 0.130. The molecule has 78 valence electrons. The summed E-state index contributed by atoms with van der Waals surface area (Å²) in [5.74, 6) is 1.73. The Morgan fingerprint density at radius 1 is 1.57 bits per heavy atom. The Labute approximate surface area is 83.7 Å². The van der Waals surface area contributed by atoms with E-state index in [1.807, 2.05) is 19.1 Å². The first-order valence-corrected chi connectivity index (χ1v) is 4.95. The molecule has 2 rings (SSSR count). The summed E-state index contributed by atoms with van der Waals surface area (Å²) in [6.07, 6.45) is 1.71. The first-order valence-electron chi connectivity index (χ1n) is 4.95. The maximum atomic E-state index is 9.64. The highest BCUT2D eigenvalue weighted by molar-refractivity contribution is 5.26. The van der Waals surface area contributed by atoms with E-state index in [9.17, 15) is 5.11 Å². The van der Waals surface area contributed by atoms with Crippen LogP contribution in [0, 0.1) is 0 Å². The van der Waals surface area contributed by atoms with Crippen LogP contribution < -0.4 is 0 Å². The summed E-state index contributed by atoms with van der Waals surface area (Å²) >= 11 is 0. The molecular weight excluding hydrogens is 180 g/mol. The van der Waals surface area contributed by atoms with Gasteiger partial charge in [0, 0.05) is 7.11 Å². The van der Waals surface area contributed by atoms with E-state index in [0.717, 1.165) is 24.4 Å². The minimum absolute atomic E-state index is 0.105. The lowest BCUT2D eigenvalue weighted by Gasteiger charge is -2.15. The zero-order valence-electron chi connectivity index (χ0n) is 8.62. The van der Waals surface area contributed by atoms with Crippen LogP contribution in [0.4, 0.5) is 0 Å². The molecule has 1 unspecified atom stereocenters. The topological polar surface area (TPSA) is 42.6 Å². The second kappa shape index (κ2) is 3.41. The normalized spacial score (nSPS) is 20.8. The summed E-state index contributed by atoms with van der Waals surface area (Å²) < 4.78 is 10.6. The van der Waals surface area contributed by atoms with Crippen LogP contribution in [0.15, 0.2) is 16.5 Å². The van der Waals surface area contributed by atoms with Crippen molar-refractivity contribution in [3.8, 4) is 0 Å². The summed E-state index contributed by atoms with van der Waals surface area (Å²) in [5, 5.41) is 9.64. The molecule has 1 atom stereocenters. The summed E-state index contributed by atoms with van der Waals surface area (Å²) in [4.78, 5) is 0. The third-order valence-corrected chi connectivity index (χ3v) is 3.03. The van der Waals surface area contributed by atoms with Gasteiger partial charge in [-0.1, -0.05) is 0 Å². The Morgan fingerprint density at radius 3 is 2.79 bits per heavy atom. The molecule has 1 heterocycles. The fourth-order valence-corrected chi connectivity index (χ4v) is 1.87. The van der Waals surface area contributed by atoms with Gasteiger partial charge in [-0.25, -0.2) is 0 Å². The Balaban J connectivity index is 2.17. The fraction of sp³-hybridized carbons (Fsp3) is 0.636. The van der Waals surface area contributed by atoms with E-state index in [1.54, 1.807) is 7.11 Å². The number of hydrogen-bond acceptors (Lipinski definition) is 3. The number of aliphatic hydroxyl groups is 1. The number of rotatable bonds is 4. The van der Waals surface area contributed by atoms with Gasteiger partial charge in [0.05, 0.1) is 11.5 Å². The van der Waals surface area contributed by atoms with E-state index < -0.39 is 0 Å². The smallest absolute Gasteiger partial charge is 0.129 e. The van der Waals surface area contributed by atoms with Crippen LogP contribution in [0.1, 0.15) is 31.3 Å². The van der Waals surface area contributed by atoms with Crippen LogP contribution in [0.3, 0.4) is 0 Å². The number of aliphatic hydroxyl groups excluding tert-OH is 1. The Kier molecular flexibility index (Phi) is 2.37. The average molecular weight is 196 g/mol. The highest BCUT2D eigenvalue weighted by Crippen LogP contribution is 2.51. The van der Waals surface area contributed by atoms with Crippen molar-refractivity contribution in [1.29, 1.82) is 0 Å². The minimum atomic E-state index is -0.330. The molecular formula is C11H16O3. The molecule has 0 amide bonds. The van der Waals surface area contributed by atoms with Crippen LogP contribution in [0.2, 0.25) is 0 Å². The van der Waals surface area contributed by atoms with E-state index in [4.69, 9.17) is 9.15 Å². The van der Waals surface area contributed by atoms with Crippen molar-refractivity contribution in [3.05, 3.63) is 23.7 Å². The molecule has 1 aromatic rings. The van der Waals surface area contributed by atoms with Crippen LogP contribution in [-0.2, 0) is 16.8 Å². The maximum Gasteiger partial charge on any atom is 0.129 e. The summed E-state index contributed by atoms with van der Waals surface area (Å²) in [5.41, 5.74) is -0.105. The van der Waals surface area contributed by atoms with Crippen molar-refractivity contribution in [2.75, 3.05) is 7.11 Å². The average Bonchev–Trinajstić information content (AvgIpc) is 2.84. The largest absolute Gasteiger partial charge is 0.463 e. The van der Waals surface area contributed by atoms with E-state index in [-0.39, 0.29) is 11.5 Å². The number of hydrogen-bond donors (Lipinski definition) is 1. The molecule has 1 saturated carbocycles. The maximum absolute atomic E-state index is 9.64. The summed E-state index contributed by atoms with van der Waals surface area (Å²) in [6, 6.07) is 3.87. The van der Waals surface area contributed by atoms with Gasteiger partial charge in [0.15, 0.2) is 0 Å². The van der Waals surface area contributed by atoms with Gasteiger partial charge in [0.1, 0.15) is 18.1 Å². The van der Waals surface area contributed by atoms with E-state index in [0.29, 0.717) is 6.61 Å². The van der Waals surface area contributed by atoms with Gasteiger partial charge in [-0.2, -0.15) is 0 Å². The van der Waals surface area contributed by atoms with E-state index in [2.05, 4.69) is 0 Å². The predicted octanol–water partition coefficient (Wildman–Crippen LogP) is 1.84. The number of ether oxygens (including phenoxy) is 1. The second-order valence-electron chi connectivity index (χ2n) is 4.03. The van der Waals surface area contributed by atoms with Crippen LogP contribution in [0.5, 0.6) is 0 Å². The molecule has 3 nitrogen and oxygen atoms in total. The van der Waals surface area contributed by atoms with Crippen molar-refractivity contribution < 1.29 is 14.3 Å². The minimum Gasteiger partial charge on any atom is -0.463 e. The monoisotopic (exact) mass is 196 g/mol. The Morgan fingerprint density at radius 2 is 2.29 bits per heavy atom. The summed E-state index contributed by atoms with van der Waals surface area (Å²) in [6.45, 7) is 2.32. The molecule has 14 heavy (non-hydrogen) atoms. The highest BCUT2D eigenvalue weighted by atomic mass is 16.5. The second-order valence-corrected chi connectivity index (χ2v) is 4.03. The van der Waals surface area contributed by atoms with E-state index >= 15 is 0 Å². The molecule has 1 aliphatic rings. The molecule has 0 bridgehead atoms. The quantitative estimate of drug-likeness (QED) is 0.799. The van der Waals surface area contributed by atoms with Gasteiger partial charge in [0.25, 0.3) is 0 Å². The molecule has 0 aromatic carbocycles. The molecule has 1 N–H and O–H groups in total. The van der Waals surface area contributed by atoms with Crippen LogP contribution in [0.25, 0.3) is 0 Å². The summed E-state index contributed by atoms with van der Waals surface area (Å²) in [7, 11) is 1.64. The van der Waals surface area contributed by atoms with Gasteiger partial charge >= 0.3 is 0 Å². The SMILES string of the molecule is COCc1ccc(C2(C(C)O)CC2)o1. The molecule has 0 radical (unpaired) electrons. The van der Waals surface area contributed by atoms with Crippen molar-refractivity contribution in [1.82, 2.24) is 0 Å². The lowest BCUT2D eigenvalue weighted by Crippen LogP contribution is -2.21. The van der Waals surface area contributed by atoms with Crippen molar-refractivity contribution >= 4 is 0 Å². The zero-order valence-corrected chi connectivity index (χ0v) is 8.62. The van der Waals surface area contributed by atoms with Crippen molar-refractivity contribution in [2.45, 2.75) is 37.9 Å². The number of furan rings is 1. The Bertz CT molecular complexity index is 310. The van der Waals surface area contributed by atoms with Crippen molar-refractivity contribution in [3.63, 3.8) is 0 Å². The standard InChI is InChI=1S/C11H16O3/c1-8(12)11(5-6-11)10-4-3-9(14-10)7-13-2/h3-4,8,12H,5-7H2,1-2H3. The van der Waals surface area contributed by atoms with Gasteiger partial charge in [-0.3, -0.25) is 0 Å². The zero-order chi connectivity index (χ0) is 10.2. The third kappa shape index (κ3) is 1.47. The van der Waals surface area contributed by atoms with Gasteiger partial charge in [0.2, 0.25) is 0 Å². The highest BCUT2D eigenvalue weighted by Gasteiger charge is 2.51. The third-order valence-electron chi connectivity index (χ3n) is 3.03. The molecule has 0 spiro atoms. The van der Waals surface area contributed by atoms with Gasteiger partial charge in [-0.15, -0.1) is 0 Å². The van der Waals surface area contributed by atoms with Crippen LogP contribution in [-0.4, -0.2) is 18.3 Å². The first-order chi connectivity index (χ1) is 6.69. The van der Waals surface area contributed by atoms with Gasteiger partial charge in [-0.05, 0) is 31.9 Å². The molecule has 0 saturated heterocycles.